The highest BCUT2D eigenvalue weighted by atomic mass is 16.4. The molecule has 0 unspecified atom stereocenters. The third-order valence-corrected chi connectivity index (χ3v) is 9.28. The van der Waals surface area contributed by atoms with Crippen molar-refractivity contribution in [3.63, 3.8) is 0 Å². The maximum absolute atomic E-state index is 13.2. The van der Waals surface area contributed by atoms with Gasteiger partial charge in [0.15, 0.2) is 5.60 Å². The van der Waals surface area contributed by atoms with Gasteiger partial charge in [-0.3, -0.25) is 14.4 Å². The number of benzene rings is 1. The fourth-order valence-electron chi connectivity index (χ4n) is 7.01. The lowest BCUT2D eigenvalue weighted by molar-refractivity contribution is -0.170. The number of rotatable bonds is 8. The number of piperidine rings is 1. The molecule has 1 saturated carbocycles. The Hall–Kier alpha value is -3.44. The lowest BCUT2D eigenvalue weighted by atomic mass is 9.72. The predicted molar refractivity (Wildman–Crippen MR) is 155 cm³/mol. The number of likely N-dealkylation sites (tertiary alicyclic amines) is 1. The van der Waals surface area contributed by atoms with Gasteiger partial charge in [-0.25, -0.2) is 4.79 Å². The zero-order chi connectivity index (χ0) is 30.8. The zero-order valence-corrected chi connectivity index (χ0v) is 24.6. The van der Waals surface area contributed by atoms with E-state index in [9.17, 15) is 19.2 Å². The van der Waals surface area contributed by atoms with Crippen molar-refractivity contribution in [2.75, 3.05) is 13.6 Å². The standard InChI is InChI=1S/C25H35N3O.C6H8O7/c1-4-28-15-17-13-23-21(20-6-5-7-22(28)24(17)20)12-18(14-27(23)3)25(29)26-19-10-8-16(2)9-11-19;7-3(8)1-6(13,5(11)12)2-4(9)10/h5-7,15-16,18-19,21,23H,4,8-14H2,1-3H3,(H,26,29);13H,1-2H2,(H,7,8)(H,9,10)(H,11,12)/t16?,18-,19?,21+,23-;/m1./s1. The highest BCUT2D eigenvalue weighted by Gasteiger charge is 2.42. The van der Waals surface area contributed by atoms with Crippen molar-refractivity contribution in [3.05, 3.63) is 35.5 Å². The van der Waals surface area contributed by atoms with Gasteiger partial charge in [-0.1, -0.05) is 19.1 Å². The second kappa shape index (κ2) is 12.8. The van der Waals surface area contributed by atoms with Crippen LogP contribution in [0.1, 0.15) is 75.8 Å². The molecule has 1 saturated heterocycles. The lowest BCUT2D eigenvalue weighted by Gasteiger charge is -2.45. The summed E-state index contributed by atoms with van der Waals surface area (Å²) < 4.78 is 2.39. The number of aromatic nitrogens is 1. The summed E-state index contributed by atoms with van der Waals surface area (Å²) in [6.07, 6.45) is 6.96. The van der Waals surface area contributed by atoms with Gasteiger partial charge < -0.3 is 35.2 Å². The van der Waals surface area contributed by atoms with Gasteiger partial charge in [-0.2, -0.15) is 0 Å². The first kappa shape index (κ1) is 31.5. The summed E-state index contributed by atoms with van der Waals surface area (Å²) in [6.45, 7) is 6.45. The predicted octanol–water partition coefficient (Wildman–Crippen LogP) is 3.07. The third-order valence-electron chi connectivity index (χ3n) is 9.28. The van der Waals surface area contributed by atoms with Gasteiger partial charge in [0.05, 0.1) is 18.8 Å². The van der Waals surface area contributed by atoms with Crippen molar-refractivity contribution in [2.45, 2.75) is 95.4 Å². The zero-order valence-electron chi connectivity index (χ0n) is 24.6. The smallest absolute Gasteiger partial charge is 0.336 e. The second-order valence-electron chi connectivity index (χ2n) is 12.4. The van der Waals surface area contributed by atoms with Crippen LogP contribution < -0.4 is 5.32 Å². The number of aliphatic carboxylic acids is 3. The number of fused-ring (bicyclic) bond motifs is 2. The summed E-state index contributed by atoms with van der Waals surface area (Å²) in [5, 5.41) is 38.7. The van der Waals surface area contributed by atoms with E-state index < -0.39 is 36.4 Å². The minimum atomic E-state index is -2.74. The van der Waals surface area contributed by atoms with Gasteiger partial charge in [0.25, 0.3) is 0 Å². The van der Waals surface area contributed by atoms with Crippen molar-refractivity contribution >= 4 is 34.7 Å². The summed E-state index contributed by atoms with van der Waals surface area (Å²) >= 11 is 0. The first-order valence-corrected chi connectivity index (χ1v) is 14.8. The van der Waals surface area contributed by atoms with Crippen LogP contribution in [0.25, 0.3) is 10.9 Å². The van der Waals surface area contributed by atoms with Crippen molar-refractivity contribution in [2.24, 2.45) is 11.8 Å². The number of likely N-dealkylation sites (N-methyl/N-ethyl adjacent to an activating group) is 1. The molecule has 5 rings (SSSR count). The summed E-state index contributed by atoms with van der Waals surface area (Å²) in [6, 6.07) is 7.69. The van der Waals surface area contributed by atoms with E-state index in [0.717, 1.165) is 44.7 Å². The summed E-state index contributed by atoms with van der Waals surface area (Å²) in [5.41, 5.74) is 1.59. The molecule has 5 N–H and O–H groups in total. The molecular formula is C31H43N3O8. The number of carboxylic acids is 3. The fourth-order valence-corrected chi connectivity index (χ4v) is 7.01. The topological polar surface area (TPSA) is 169 Å². The Morgan fingerprint density at radius 2 is 1.67 bits per heavy atom. The van der Waals surface area contributed by atoms with Crippen molar-refractivity contribution in [1.82, 2.24) is 14.8 Å². The molecule has 1 amide bonds. The molecule has 11 heteroatoms. The largest absolute Gasteiger partial charge is 0.481 e. The highest BCUT2D eigenvalue weighted by Crippen LogP contribution is 2.45. The third kappa shape index (κ3) is 6.78. The number of aliphatic hydroxyl groups is 1. The maximum atomic E-state index is 13.2. The Bertz CT molecular complexity index is 1310. The van der Waals surface area contributed by atoms with Crippen LogP contribution >= 0.6 is 0 Å². The molecule has 0 bridgehead atoms. The lowest BCUT2D eigenvalue weighted by Crippen LogP contribution is -2.52. The van der Waals surface area contributed by atoms with Gasteiger partial charge in [-0.05, 0) is 75.6 Å². The average Bonchev–Trinajstić information content (AvgIpc) is 3.28. The number of carbonyl (C=O) groups is 4. The molecule has 42 heavy (non-hydrogen) atoms. The van der Waals surface area contributed by atoms with Crippen molar-refractivity contribution in [3.8, 4) is 0 Å². The molecule has 1 aromatic heterocycles. The van der Waals surface area contributed by atoms with E-state index in [0.29, 0.717) is 23.9 Å². The van der Waals surface area contributed by atoms with E-state index in [1.807, 2.05) is 0 Å². The summed E-state index contributed by atoms with van der Waals surface area (Å²) in [7, 11) is 2.22. The quantitative estimate of drug-likeness (QED) is 0.312. The molecule has 230 valence electrons. The van der Waals surface area contributed by atoms with Gasteiger partial charge in [-0.15, -0.1) is 0 Å². The van der Waals surface area contributed by atoms with E-state index in [1.165, 1.54) is 34.9 Å². The molecule has 2 fully saturated rings. The number of aryl methyl sites for hydroxylation is 1. The molecule has 11 nitrogen and oxygen atoms in total. The first-order chi connectivity index (χ1) is 19.8. The van der Waals surface area contributed by atoms with Crippen molar-refractivity contribution < 1.29 is 39.6 Å². The Kier molecular flexibility index (Phi) is 9.62. The van der Waals surface area contributed by atoms with Crippen LogP contribution in [0.15, 0.2) is 24.4 Å². The van der Waals surface area contributed by atoms with E-state index in [1.54, 1.807) is 0 Å². The van der Waals surface area contributed by atoms with Gasteiger partial charge >= 0.3 is 17.9 Å². The maximum Gasteiger partial charge on any atom is 0.336 e. The van der Waals surface area contributed by atoms with Crippen molar-refractivity contribution in [1.29, 1.82) is 0 Å². The number of nitrogens with zero attached hydrogens (tertiary/aromatic N) is 2. The van der Waals surface area contributed by atoms with Gasteiger partial charge in [0.1, 0.15) is 0 Å². The van der Waals surface area contributed by atoms with E-state index in [4.69, 9.17) is 20.4 Å². The molecule has 2 aliphatic carbocycles. The molecule has 0 radical (unpaired) electrons. The molecule has 0 spiro atoms. The molecule has 1 aliphatic heterocycles. The van der Waals surface area contributed by atoms with Crippen LogP contribution in [0.3, 0.4) is 0 Å². The van der Waals surface area contributed by atoms with Gasteiger partial charge in [0, 0.05) is 48.2 Å². The monoisotopic (exact) mass is 585 g/mol. The molecule has 2 aromatic rings. The molecule has 3 atom stereocenters. The molecule has 2 heterocycles. The minimum absolute atomic E-state index is 0.102. The SMILES string of the molecule is CCn1cc2c3c(cccc31)[C@@H]1C[C@@H](C(=O)NC3CCC(C)CC3)CN(C)[C@@H]1C2.O=C(O)CC(O)(CC(=O)O)C(=O)O. The average molecular weight is 586 g/mol. The minimum Gasteiger partial charge on any atom is -0.481 e. The van der Waals surface area contributed by atoms with Crippen LogP contribution in [-0.4, -0.2) is 85.0 Å². The Labute approximate surface area is 245 Å². The molecule has 3 aliphatic rings. The first-order valence-electron chi connectivity index (χ1n) is 14.8. The summed E-state index contributed by atoms with van der Waals surface area (Å²) in [5.74, 6) is -3.35. The highest BCUT2D eigenvalue weighted by molar-refractivity contribution is 5.90. The number of carboxylic acid groups (broad SMARTS) is 3. The van der Waals surface area contributed by atoms with Crippen LogP contribution in [-0.2, 0) is 32.1 Å². The summed E-state index contributed by atoms with van der Waals surface area (Å²) in [4.78, 5) is 46.1. The number of amides is 1. The van der Waals surface area contributed by atoms with Crippen LogP contribution in [0.5, 0.6) is 0 Å². The fraction of sp³-hybridized carbons (Fsp3) is 0.613. The van der Waals surface area contributed by atoms with E-state index in [2.05, 4.69) is 60.1 Å². The number of carbonyl (C=O) groups excluding carboxylic acids is 1. The van der Waals surface area contributed by atoms with Gasteiger partial charge in [0.2, 0.25) is 5.91 Å². The van der Waals surface area contributed by atoms with Crippen LogP contribution in [0.4, 0.5) is 0 Å². The Balaban J connectivity index is 0.000000266. The second-order valence-corrected chi connectivity index (χ2v) is 12.4. The van der Waals surface area contributed by atoms with Crippen LogP contribution in [0, 0.1) is 11.8 Å². The Morgan fingerprint density at radius 1 is 1.02 bits per heavy atom. The number of hydrogen-bond donors (Lipinski definition) is 5. The van der Waals surface area contributed by atoms with E-state index >= 15 is 0 Å². The number of hydrogen-bond acceptors (Lipinski definition) is 6. The molecular weight excluding hydrogens is 542 g/mol. The van der Waals surface area contributed by atoms with Crippen LogP contribution in [0.2, 0.25) is 0 Å². The molecule has 1 aromatic carbocycles. The number of nitrogens with one attached hydrogen (secondary N) is 1. The normalized spacial score (nSPS) is 25.6. The van der Waals surface area contributed by atoms with E-state index in [-0.39, 0.29) is 5.92 Å². The Morgan fingerprint density at radius 3 is 2.24 bits per heavy atom.